The lowest BCUT2D eigenvalue weighted by molar-refractivity contribution is 0.187. The molecule has 0 aliphatic carbocycles. The normalized spacial score (nSPS) is 18.4. The lowest BCUT2D eigenvalue weighted by Gasteiger charge is -2.39. The van der Waals surface area contributed by atoms with Crippen LogP contribution in [-0.2, 0) is 13.0 Å². The highest BCUT2D eigenvalue weighted by atomic mass is 15.3. The Hall–Kier alpha value is -2.25. The molecule has 1 saturated heterocycles. The Morgan fingerprint density at radius 2 is 1.73 bits per heavy atom. The smallest absolute Gasteiger partial charge is 0.135 e. The third kappa shape index (κ3) is 5.30. The molecule has 0 amide bonds. The first-order chi connectivity index (χ1) is 16.0. The second-order valence-corrected chi connectivity index (χ2v) is 9.67. The van der Waals surface area contributed by atoms with Gasteiger partial charge in [0.1, 0.15) is 18.0 Å². The maximum absolute atomic E-state index is 4.79. The van der Waals surface area contributed by atoms with Crippen molar-refractivity contribution in [1.29, 1.82) is 0 Å². The van der Waals surface area contributed by atoms with Gasteiger partial charge < -0.3 is 9.80 Å². The summed E-state index contributed by atoms with van der Waals surface area (Å²) in [7, 11) is 0. The standard InChI is InChI=1S/C26H41N7/c1-6-11-30(7-2)25-9-8-22(17-27-25)21(5)33-12-10-23-24(18-33)28-19-29-26(23)32-15-13-31(14-16-32)20(3)4/h8-9,17,19-21H,6-7,10-16,18H2,1-5H3. The minimum atomic E-state index is 0.314. The van der Waals surface area contributed by atoms with Gasteiger partial charge in [0.15, 0.2) is 0 Å². The van der Waals surface area contributed by atoms with Gasteiger partial charge in [0.05, 0.1) is 5.69 Å². The van der Waals surface area contributed by atoms with Crippen molar-refractivity contribution in [2.75, 3.05) is 55.6 Å². The van der Waals surface area contributed by atoms with Crippen LogP contribution in [0, 0.1) is 0 Å². The number of anilines is 2. The molecule has 2 aliphatic heterocycles. The molecular formula is C26H41N7. The van der Waals surface area contributed by atoms with Gasteiger partial charge in [0, 0.05) is 76.2 Å². The molecule has 33 heavy (non-hydrogen) atoms. The third-order valence-electron chi connectivity index (χ3n) is 7.36. The van der Waals surface area contributed by atoms with Gasteiger partial charge in [0.25, 0.3) is 0 Å². The van der Waals surface area contributed by atoms with E-state index in [1.54, 1.807) is 6.33 Å². The van der Waals surface area contributed by atoms with Gasteiger partial charge in [0.2, 0.25) is 0 Å². The first-order valence-electron chi connectivity index (χ1n) is 12.8. The Morgan fingerprint density at radius 3 is 2.36 bits per heavy atom. The van der Waals surface area contributed by atoms with Crippen LogP contribution in [-0.4, -0.2) is 76.6 Å². The zero-order chi connectivity index (χ0) is 23.4. The molecule has 4 rings (SSSR count). The Labute approximate surface area is 199 Å². The van der Waals surface area contributed by atoms with E-state index in [4.69, 9.17) is 15.0 Å². The van der Waals surface area contributed by atoms with Gasteiger partial charge >= 0.3 is 0 Å². The number of hydrogen-bond donors (Lipinski definition) is 0. The van der Waals surface area contributed by atoms with Crippen molar-refractivity contribution < 1.29 is 0 Å². The summed E-state index contributed by atoms with van der Waals surface area (Å²) < 4.78 is 0. The fraction of sp³-hybridized carbons (Fsp3) is 0.654. The summed E-state index contributed by atoms with van der Waals surface area (Å²) in [6, 6.07) is 5.36. The van der Waals surface area contributed by atoms with E-state index in [1.165, 1.54) is 16.8 Å². The number of fused-ring (bicyclic) bond motifs is 1. The van der Waals surface area contributed by atoms with Gasteiger partial charge in [-0.15, -0.1) is 0 Å². The number of hydrogen-bond acceptors (Lipinski definition) is 7. The van der Waals surface area contributed by atoms with E-state index in [1.807, 2.05) is 0 Å². The summed E-state index contributed by atoms with van der Waals surface area (Å²) in [6.07, 6.45) is 5.97. The van der Waals surface area contributed by atoms with Crippen LogP contribution in [0.4, 0.5) is 11.6 Å². The van der Waals surface area contributed by atoms with Gasteiger partial charge in [-0.1, -0.05) is 13.0 Å². The van der Waals surface area contributed by atoms with Crippen molar-refractivity contribution in [3.05, 3.63) is 41.5 Å². The number of piperazine rings is 1. The molecule has 0 N–H and O–H groups in total. The summed E-state index contributed by atoms with van der Waals surface area (Å²) >= 11 is 0. The lowest BCUT2D eigenvalue weighted by Crippen LogP contribution is -2.49. The molecule has 0 saturated carbocycles. The summed E-state index contributed by atoms with van der Waals surface area (Å²) in [6.45, 7) is 19.5. The monoisotopic (exact) mass is 451 g/mol. The Morgan fingerprint density at radius 1 is 0.939 bits per heavy atom. The molecule has 7 heteroatoms. The second-order valence-electron chi connectivity index (χ2n) is 9.67. The highest BCUT2D eigenvalue weighted by molar-refractivity contribution is 5.50. The molecule has 2 aromatic heterocycles. The van der Waals surface area contributed by atoms with Gasteiger partial charge in [-0.3, -0.25) is 9.80 Å². The maximum Gasteiger partial charge on any atom is 0.135 e. The fourth-order valence-electron chi connectivity index (χ4n) is 5.16. The molecule has 4 heterocycles. The molecule has 0 aromatic carbocycles. The summed E-state index contributed by atoms with van der Waals surface area (Å²) in [4.78, 5) is 24.1. The van der Waals surface area contributed by atoms with Crippen LogP contribution in [0.15, 0.2) is 24.7 Å². The van der Waals surface area contributed by atoms with Crippen LogP contribution in [0.25, 0.3) is 0 Å². The van der Waals surface area contributed by atoms with Gasteiger partial charge in [-0.05, 0) is 52.2 Å². The van der Waals surface area contributed by atoms with Gasteiger partial charge in [-0.25, -0.2) is 15.0 Å². The van der Waals surface area contributed by atoms with Crippen molar-refractivity contribution in [1.82, 2.24) is 24.8 Å². The fourth-order valence-corrected chi connectivity index (χ4v) is 5.16. The van der Waals surface area contributed by atoms with Crippen LogP contribution in [0.1, 0.15) is 63.9 Å². The van der Waals surface area contributed by atoms with E-state index in [-0.39, 0.29) is 0 Å². The molecular weight excluding hydrogens is 410 g/mol. The first kappa shape index (κ1) is 23.9. The van der Waals surface area contributed by atoms with Gasteiger partial charge in [-0.2, -0.15) is 0 Å². The van der Waals surface area contributed by atoms with Crippen LogP contribution < -0.4 is 9.80 Å². The van der Waals surface area contributed by atoms with Crippen molar-refractivity contribution in [2.45, 2.75) is 66.1 Å². The molecule has 0 radical (unpaired) electrons. The van der Waals surface area contributed by atoms with Crippen LogP contribution in [0.2, 0.25) is 0 Å². The van der Waals surface area contributed by atoms with E-state index in [2.05, 4.69) is 72.5 Å². The predicted molar refractivity (Wildman–Crippen MR) is 136 cm³/mol. The second kappa shape index (κ2) is 10.8. The average molecular weight is 452 g/mol. The molecule has 0 spiro atoms. The molecule has 2 aliphatic rings. The molecule has 1 atom stereocenters. The number of aromatic nitrogens is 3. The van der Waals surface area contributed by atoms with Crippen LogP contribution in [0.5, 0.6) is 0 Å². The van der Waals surface area contributed by atoms with E-state index >= 15 is 0 Å². The molecule has 1 fully saturated rings. The van der Waals surface area contributed by atoms with E-state index in [9.17, 15) is 0 Å². The minimum Gasteiger partial charge on any atom is -0.357 e. The number of nitrogens with zero attached hydrogens (tertiary/aromatic N) is 7. The van der Waals surface area contributed by atoms with Crippen molar-refractivity contribution >= 4 is 11.6 Å². The predicted octanol–water partition coefficient (Wildman–Crippen LogP) is 3.76. The lowest BCUT2D eigenvalue weighted by atomic mass is 10.0. The topological polar surface area (TPSA) is 51.6 Å². The number of pyridine rings is 1. The van der Waals surface area contributed by atoms with E-state index in [0.717, 1.165) is 76.8 Å². The molecule has 7 nitrogen and oxygen atoms in total. The largest absolute Gasteiger partial charge is 0.357 e. The zero-order valence-electron chi connectivity index (χ0n) is 21.2. The summed E-state index contributed by atoms with van der Waals surface area (Å²) in [5.74, 6) is 2.24. The number of rotatable bonds is 8. The highest BCUT2D eigenvalue weighted by Crippen LogP contribution is 2.31. The third-order valence-corrected chi connectivity index (χ3v) is 7.36. The minimum absolute atomic E-state index is 0.314. The Balaban J connectivity index is 1.43. The Bertz CT molecular complexity index is 890. The van der Waals surface area contributed by atoms with Crippen molar-refractivity contribution in [3.63, 3.8) is 0 Å². The summed E-state index contributed by atoms with van der Waals surface area (Å²) in [5.41, 5.74) is 3.81. The molecule has 1 unspecified atom stereocenters. The Kier molecular flexibility index (Phi) is 7.81. The van der Waals surface area contributed by atoms with Crippen LogP contribution in [0.3, 0.4) is 0 Å². The zero-order valence-corrected chi connectivity index (χ0v) is 21.2. The van der Waals surface area contributed by atoms with E-state index < -0.39 is 0 Å². The molecule has 180 valence electrons. The highest BCUT2D eigenvalue weighted by Gasteiger charge is 2.28. The van der Waals surface area contributed by atoms with Crippen LogP contribution >= 0.6 is 0 Å². The van der Waals surface area contributed by atoms with E-state index in [0.29, 0.717) is 12.1 Å². The van der Waals surface area contributed by atoms with Crippen molar-refractivity contribution in [2.24, 2.45) is 0 Å². The average Bonchev–Trinajstić information content (AvgIpc) is 2.86. The molecule has 0 bridgehead atoms. The van der Waals surface area contributed by atoms with Crippen molar-refractivity contribution in [3.8, 4) is 0 Å². The SMILES string of the molecule is CCCN(CC)c1ccc(C(C)N2CCc3c(ncnc3N3CCN(C(C)C)CC3)C2)cn1. The first-order valence-corrected chi connectivity index (χ1v) is 12.8. The maximum atomic E-state index is 4.79. The summed E-state index contributed by atoms with van der Waals surface area (Å²) in [5, 5.41) is 0. The molecule has 2 aromatic rings. The quantitative estimate of drug-likeness (QED) is 0.606.